The number of carbonyl (C=O) groups is 2. The summed E-state index contributed by atoms with van der Waals surface area (Å²) in [5.74, 6) is 0.222. The number of hydrogen-bond acceptors (Lipinski definition) is 7. The lowest BCUT2D eigenvalue weighted by Crippen LogP contribution is -2.37. The predicted molar refractivity (Wildman–Crippen MR) is 140 cm³/mol. The molecule has 2 rings (SSSR count). The van der Waals surface area contributed by atoms with E-state index >= 15 is 0 Å². The van der Waals surface area contributed by atoms with Crippen LogP contribution in [0.1, 0.15) is 78.9 Å². The van der Waals surface area contributed by atoms with E-state index in [2.05, 4.69) is 22.5 Å². The molecule has 2 amide bonds. The van der Waals surface area contributed by atoms with Gasteiger partial charge in [-0.2, -0.15) is 0 Å². The second-order valence-corrected chi connectivity index (χ2v) is 8.66. The zero-order chi connectivity index (χ0) is 26.8. The highest BCUT2D eigenvalue weighted by molar-refractivity contribution is 6.56. The number of fused-ring (bicyclic) bond motifs is 1. The first kappa shape index (κ1) is 28.6. The Morgan fingerprint density at radius 1 is 1.28 bits per heavy atom. The Bertz CT molecular complexity index is 1090. The molecule has 0 aliphatic carbocycles. The SMILES string of the molecule is CCCCC=NC(C(=O)N/C(NC(=O)OC(C)c1cc2c(cc1[N+](=O)[O-])[B]CO2)=C(/C)CC)=C(C)C. The molecule has 11 heteroatoms. The largest absolute Gasteiger partial charge is 0.503 e. The van der Waals surface area contributed by atoms with E-state index in [9.17, 15) is 19.7 Å². The van der Waals surface area contributed by atoms with Crippen LogP contribution in [-0.2, 0) is 9.53 Å². The van der Waals surface area contributed by atoms with Crippen molar-refractivity contribution in [3.63, 3.8) is 0 Å². The highest BCUT2D eigenvalue weighted by atomic mass is 16.6. The Labute approximate surface area is 212 Å². The number of alkyl carbamates (subject to hydrolysis) is 1. The van der Waals surface area contributed by atoms with E-state index in [-0.39, 0.29) is 22.8 Å². The molecule has 1 aromatic rings. The highest BCUT2D eigenvalue weighted by Crippen LogP contribution is 2.31. The second kappa shape index (κ2) is 13.5. The number of carbonyl (C=O) groups excluding carboxylic acids is 2. The van der Waals surface area contributed by atoms with Crippen LogP contribution >= 0.6 is 0 Å². The lowest BCUT2D eigenvalue weighted by atomic mass is 9.72. The van der Waals surface area contributed by atoms with Gasteiger partial charge >= 0.3 is 6.09 Å². The van der Waals surface area contributed by atoms with Crippen molar-refractivity contribution in [3.8, 4) is 5.75 Å². The van der Waals surface area contributed by atoms with Crippen LogP contribution in [0, 0.1) is 10.1 Å². The maximum absolute atomic E-state index is 12.9. The maximum atomic E-state index is 12.9. The Morgan fingerprint density at radius 2 is 2.00 bits per heavy atom. The summed E-state index contributed by atoms with van der Waals surface area (Å²) in [5.41, 5.74) is 2.37. The van der Waals surface area contributed by atoms with Gasteiger partial charge in [-0.15, -0.1) is 0 Å². The number of nitro benzene ring substituents is 1. The van der Waals surface area contributed by atoms with E-state index < -0.39 is 23.0 Å². The van der Waals surface area contributed by atoms with Gasteiger partial charge in [-0.25, -0.2) is 4.79 Å². The van der Waals surface area contributed by atoms with Crippen LogP contribution in [0.15, 0.2) is 39.8 Å². The molecule has 10 nitrogen and oxygen atoms in total. The predicted octanol–water partition coefficient (Wildman–Crippen LogP) is 4.37. The molecule has 0 bridgehead atoms. The van der Waals surface area contributed by atoms with E-state index in [1.54, 1.807) is 34.3 Å². The van der Waals surface area contributed by atoms with Gasteiger partial charge in [0.15, 0.2) is 0 Å². The molecule has 1 aliphatic heterocycles. The number of nitrogens with zero attached hydrogens (tertiary/aromatic N) is 2. The van der Waals surface area contributed by atoms with E-state index in [0.717, 1.165) is 24.8 Å². The summed E-state index contributed by atoms with van der Waals surface area (Å²) in [6.45, 7) is 11.2. The van der Waals surface area contributed by atoms with Crippen LogP contribution in [0.2, 0.25) is 0 Å². The Hall–Kier alpha value is -3.63. The van der Waals surface area contributed by atoms with Gasteiger partial charge < -0.3 is 14.8 Å². The molecule has 1 heterocycles. The van der Waals surface area contributed by atoms with E-state index in [0.29, 0.717) is 29.7 Å². The van der Waals surface area contributed by atoms with Gasteiger partial charge in [0.1, 0.15) is 23.4 Å². The van der Waals surface area contributed by atoms with Gasteiger partial charge in [0.2, 0.25) is 7.28 Å². The van der Waals surface area contributed by atoms with Crippen LogP contribution in [0.3, 0.4) is 0 Å². The zero-order valence-corrected chi connectivity index (χ0v) is 21.8. The molecule has 1 atom stereocenters. The van der Waals surface area contributed by atoms with Crippen molar-refractivity contribution in [2.24, 2.45) is 4.99 Å². The number of allylic oxidation sites excluding steroid dienone is 2. The molecule has 1 unspecified atom stereocenters. The van der Waals surface area contributed by atoms with E-state index in [4.69, 9.17) is 9.47 Å². The van der Waals surface area contributed by atoms with Crippen LogP contribution in [-0.4, -0.2) is 36.9 Å². The summed E-state index contributed by atoms with van der Waals surface area (Å²) in [7, 11) is 1.74. The molecule has 2 N–H and O–H groups in total. The van der Waals surface area contributed by atoms with Crippen molar-refractivity contribution in [2.45, 2.75) is 73.3 Å². The number of amides is 2. The molecule has 0 spiro atoms. The van der Waals surface area contributed by atoms with Crippen molar-refractivity contribution >= 4 is 36.6 Å². The van der Waals surface area contributed by atoms with E-state index in [1.165, 1.54) is 19.1 Å². The molecule has 0 saturated carbocycles. The third-order valence-electron chi connectivity index (χ3n) is 5.64. The Kier molecular flexibility index (Phi) is 10.7. The number of rotatable bonds is 11. The van der Waals surface area contributed by atoms with Crippen molar-refractivity contribution in [1.29, 1.82) is 0 Å². The first-order valence-electron chi connectivity index (χ1n) is 12.1. The molecular weight excluding hydrogens is 463 g/mol. The molecule has 1 radical (unpaired) electrons. The number of nitro groups is 1. The van der Waals surface area contributed by atoms with Gasteiger partial charge in [-0.05, 0) is 69.6 Å². The summed E-state index contributed by atoms with van der Waals surface area (Å²) >= 11 is 0. The highest BCUT2D eigenvalue weighted by Gasteiger charge is 2.28. The molecule has 0 fully saturated rings. The first-order chi connectivity index (χ1) is 17.1. The molecule has 193 valence electrons. The number of nitrogens with one attached hydrogen (secondary N) is 2. The quantitative estimate of drug-likeness (QED) is 0.117. The average molecular weight is 497 g/mol. The Balaban J connectivity index is 2.17. The van der Waals surface area contributed by atoms with Gasteiger partial charge in [-0.1, -0.05) is 20.3 Å². The smallest absolute Gasteiger partial charge is 0.413 e. The number of ether oxygens (including phenoxy) is 2. The fraction of sp³-hybridized carbons (Fsp3) is 0.480. The minimum Gasteiger partial charge on any atom is -0.503 e. The normalized spacial score (nSPS) is 13.6. The van der Waals surface area contributed by atoms with Crippen molar-refractivity contribution in [1.82, 2.24) is 10.6 Å². The number of unbranched alkanes of at least 4 members (excludes halogenated alkanes) is 2. The fourth-order valence-corrected chi connectivity index (χ4v) is 3.41. The summed E-state index contributed by atoms with van der Waals surface area (Å²) in [6, 6.07) is 2.92. The number of aliphatic imine (C=N–C) groups is 1. The van der Waals surface area contributed by atoms with E-state index in [1.807, 2.05) is 6.92 Å². The molecular formula is C25H34BN4O6. The summed E-state index contributed by atoms with van der Waals surface area (Å²) < 4.78 is 10.9. The molecule has 1 aliphatic rings. The minimum absolute atomic E-state index is 0.168. The lowest BCUT2D eigenvalue weighted by molar-refractivity contribution is -0.386. The van der Waals surface area contributed by atoms with Crippen molar-refractivity contribution in [2.75, 3.05) is 6.51 Å². The van der Waals surface area contributed by atoms with Gasteiger partial charge in [0.25, 0.3) is 11.6 Å². The number of benzene rings is 1. The topological polar surface area (TPSA) is 132 Å². The molecule has 0 aromatic heterocycles. The van der Waals surface area contributed by atoms with Gasteiger partial charge in [0.05, 0.1) is 17.0 Å². The summed E-state index contributed by atoms with van der Waals surface area (Å²) in [4.78, 5) is 41.1. The van der Waals surface area contributed by atoms with Crippen LogP contribution < -0.4 is 20.8 Å². The zero-order valence-electron chi connectivity index (χ0n) is 21.8. The summed E-state index contributed by atoms with van der Waals surface area (Å²) in [6.07, 6.45) is 3.22. The van der Waals surface area contributed by atoms with Crippen LogP contribution in [0.4, 0.5) is 10.5 Å². The minimum atomic E-state index is -0.949. The van der Waals surface area contributed by atoms with Crippen LogP contribution in [0.25, 0.3) is 0 Å². The van der Waals surface area contributed by atoms with Crippen molar-refractivity contribution in [3.05, 3.63) is 50.5 Å². The number of hydrogen-bond donors (Lipinski definition) is 2. The van der Waals surface area contributed by atoms with Gasteiger partial charge in [0, 0.05) is 12.3 Å². The molecule has 36 heavy (non-hydrogen) atoms. The summed E-state index contributed by atoms with van der Waals surface area (Å²) in [5, 5.41) is 16.9. The molecule has 0 saturated heterocycles. The van der Waals surface area contributed by atoms with Gasteiger partial charge in [-0.3, -0.25) is 25.2 Å². The third kappa shape index (κ3) is 7.69. The Morgan fingerprint density at radius 3 is 2.61 bits per heavy atom. The average Bonchev–Trinajstić information content (AvgIpc) is 3.29. The maximum Gasteiger partial charge on any atom is 0.413 e. The second-order valence-electron chi connectivity index (χ2n) is 8.66. The molecule has 1 aromatic carbocycles. The first-order valence-corrected chi connectivity index (χ1v) is 12.1. The fourth-order valence-electron chi connectivity index (χ4n) is 3.41. The third-order valence-corrected chi connectivity index (χ3v) is 5.64. The van der Waals surface area contributed by atoms with Crippen molar-refractivity contribution < 1.29 is 24.0 Å². The van der Waals surface area contributed by atoms with Crippen LogP contribution in [0.5, 0.6) is 5.75 Å². The lowest BCUT2D eigenvalue weighted by Gasteiger charge is -2.18. The monoisotopic (exact) mass is 497 g/mol. The standard InChI is InChI=1S/C25H34BN4O6/c1-7-9-10-11-27-22(15(3)4)24(31)28-23(16(5)8-2)29-25(32)36-17(6)18-12-21-19(26-14-35-21)13-20(18)30(33)34/h11-13,17H,7-10,14H2,1-6H3,(H,28,31)(H,29,32)/b23-16+,27-11?.